The molecule has 2 aromatic rings. The molecule has 0 N–H and O–H groups in total. The van der Waals surface area contributed by atoms with Crippen molar-refractivity contribution in [3.05, 3.63) is 56.7 Å². The van der Waals surface area contributed by atoms with Crippen molar-refractivity contribution in [3.8, 4) is 5.75 Å². The van der Waals surface area contributed by atoms with Gasteiger partial charge < -0.3 is 19.4 Å². The molecule has 0 bridgehead atoms. The number of rotatable bonds is 5. The highest BCUT2D eigenvalue weighted by molar-refractivity contribution is 5.89. The van der Waals surface area contributed by atoms with E-state index in [4.69, 9.17) is 4.74 Å². The molecule has 1 aromatic carbocycles. The fourth-order valence-electron chi connectivity index (χ4n) is 4.69. The van der Waals surface area contributed by atoms with Crippen LogP contribution < -0.4 is 20.9 Å². The maximum atomic E-state index is 13.2. The second kappa shape index (κ2) is 9.74. The van der Waals surface area contributed by atoms with Gasteiger partial charge >= 0.3 is 5.69 Å². The van der Waals surface area contributed by atoms with Crippen LogP contribution in [0, 0.1) is 5.92 Å². The van der Waals surface area contributed by atoms with E-state index in [2.05, 4.69) is 0 Å². The van der Waals surface area contributed by atoms with E-state index >= 15 is 0 Å². The highest BCUT2D eigenvalue weighted by Gasteiger charge is 2.37. The molecule has 2 saturated heterocycles. The normalized spacial score (nSPS) is 18.9. The van der Waals surface area contributed by atoms with Gasteiger partial charge in [-0.2, -0.15) is 0 Å². The van der Waals surface area contributed by atoms with Gasteiger partial charge in [-0.3, -0.25) is 23.5 Å². The lowest BCUT2D eigenvalue weighted by Gasteiger charge is -2.26. The van der Waals surface area contributed by atoms with Crippen molar-refractivity contribution in [2.24, 2.45) is 20.0 Å². The van der Waals surface area contributed by atoms with E-state index in [0.717, 1.165) is 15.9 Å². The molecule has 10 nitrogen and oxygen atoms in total. The summed E-state index contributed by atoms with van der Waals surface area (Å²) in [7, 11) is 4.71. The summed E-state index contributed by atoms with van der Waals surface area (Å²) in [5.41, 5.74) is 0.269. The van der Waals surface area contributed by atoms with E-state index in [1.165, 1.54) is 17.7 Å². The van der Waals surface area contributed by atoms with Crippen LogP contribution in [0.2, 0.25) is 0 Å². The lowest BCUT2D eigenvalue weighted by atomic mass is 10.1. The van der Waals surface area contributed by atoms with Crippen molar-refractivity contribution >= 4 is 17.6 Å². The minimum atomic E-state index is -0.374. The molecule has 182 valence electrons. The zero-order valence-electron chi connectivity index (χ0n) is 19.9. The summed E-state index contributed by atoms with van der Waals surface area (Å²) >= 11 is 0. The van der Waals surface area contributed by atoms with Gasteiger partial charge in [0.1, 0.15) is 11.6 Å². The molecular weight excluding hydrogens is 438 g/mol. The van der Waals surface area contributed by atoms with Gasteiger partial charge in [0.15, 0.2) is 0 Å². The standard InChI is InChI=1S/C24H31N5O5/c1-25-20(14-21(30)26(2)24(25)33)27-9-4-10-28(12-11-27)23(32)18-13-22(31)29(16-18)15-17-5-7-19(34-3)8-6-17/h5-8,14,18H,4,9-13,15-16H2,1-3H3/t18-/m1/s1. The van der Waals surface area contributed by atoms with Gasteiger partial charge in [-0.05, 0) is 24.1 Å². The van der Waals surface area contributed by atoms with E-state index in [9.17, 15) is 19.2 Å². The van der Waals surface area contributed by atoms with E-state index in [1.54, 1.807) is 19.1 Å². The molecule has 0 spiro atoms. The predicted octanol–water partition coefficient (Wildman–Crippen LogP) is 0.180. The molecule has 0 radical (unpaired) electrons. The largest absolute Gasteiger partial charge is 0.497 e. The van der Waals surface area contributed by atoms with Crippen LogP contribution in [0.25, 0.3) is 0 Å². The van der Waals surface area contributed by atoms with Crippen molar-refractivity contribution in [2.75, 3.05) is 44.7 Å². The zero-order chi connectivity index (χ0) is 24.4. The van der Waals surface area contributed by atoms with Crippen molar-refractivity contribution < 1.29 is 14.3 Å². The molecule has 3 heterocycles. The second-order valence-electron chi connectivity index (χ2n) is 8.93. The number of methoxy groups -OCH3 is 1. The first-order valence-corrected chi connectivity index (χ1v) is 11.5. The van der Waals surface area contributed by atoms with Crippen molar-refractivity contribution in [1.29, 1.82) is 0 Å². The third kappa shape index (κ3) is 4.71. The molecule has 2 amide bonds. The number of hydrogen-bond acceptors (Lipinski definition) is 6. The molecule has 0 aliphatic carbocycles. The van der Waals surface area contributed by atoms with Crippen LogP contribution in [0.15, 0.2) is 39.9 Å². The molecule has 2 fully saturated rings. The highest BCUT2D eigenvalue weighted by Crippen LogP contribution is 2.24. The first kappa shape index (κ1) is 23.6. The second-order valence-corrected chi connectivity index (χ2v) is 8.93. The molecule has 0 unspecified atom stereocenters. The summed E-state index contributed by atoms with van der Waals surface area (Å²) in [4.78, 5) is 55.8. The Bertz CT molecular complexity index is 1190. The summed E-state index contributed by atoms with van der Waals surface area (Å²) in [6.45, 7) is 3.09. The Balaban J connectivity index is 1.39. The van der Waals surface area contributed by atoms with Gasteiger partial charge in [-0.25, -0.2) is 4.79 Å². The lowest BCUT2D eigenvalue weighted by Crippen LogP contribution is -2.42. The number of amides is 2. The van der Waals surface area contributed by atoms with Gasteiger partial charge in [0.05, 0.1) is 13.0 Å². The van der Waals surface area contributed by atoms with Crippen LogP contribution in [0.1, 0.15) is 18.4 Å². The van der Waals surface area contributed by atoms with Gasteiger partial charge in [0.25, 0.3) is 5.56 Å². The number of likely N-dealkylation sites (tertiary alicyclic amines) is 1. The molecule has 2 aliphatic rings. The molecule has 4 rings (SSSR count). The summed E-state index contributed by atoms with van der Waals surface area (Å²) in [6.07, 6.45) is 0.934. The number of aromatic nitrogens is 2. The fraction of sp³-hybridized carbons (Fsp3) is 0.500. The van der Waals surface area contributed by atoms with Crippen LogP contribution in [-0.4, -0.2) is 70.6 Å². The number of ether oxygens (including phenoxy) is 1. The molecule has 10 heteroatoms. The quantitative estimate of drug-likeness (QED) is 0.620. The minimum absolute atomic E-state index is 0.00899. The zero-order valence-corrected chi connectivity index (χ0v) is 19.9. The first-order valence-electron chi connectivity index (χ1n) is 11.5. The Morgan fingerprint density at radius 2 is 1.74 bits per heavy atom. The summed E-state index contributed by atoms with van der Waals surface area (Å²) < 4.78 is 7.72. The minimum Gasteiger partial charge on any atom is -0.497 e. The molecular formula is C24H31N5O5. The van der Waals surface area contributed by atoms with Gasteiger partial charge in [0.2, 0.25) is 11.8 Å². The third-order valence-corrected chi connectivity index (χ3v) is 6.73. The van der Waals surface area contributed by atoms with Crippen molar-refractivity contribution in [3.63, 3.8) is 0 Å². The van der Waals surface area contributed by atoms with Crippen LogP contribution in [0.4, 0.5) is 5.82 Å². The van der Waals surface area contributed by atoms with E-state index in [1.807, 2.05) is 34.1 Å². The highest BCUT2D eigenvalue weighted by atomic mass is 16.5. The van der Waals surface area contributed by atoms with Crippen LogP contribution in [0.3, 0.4) is 0 Å². The number of carbonyl (C=O) groups excluding carboxylic acids is 2. The molecule has 1 aromatic heterocycles. The Kier molecular flexibility index (Phi) is 6.76. The lowest BCUT2D eigenvalue weighted by molar-refractivity contribution is -0.135. The Morgan fingerprint density at radius 1 is 1.00 bits per heavy atom. The monoisotopic (exact) mass is 469 g/mol. The van der Waals surface area contributed by atoms with Gasteiger partial charge in [0, 0.05) is 65.9 Å². The number of hydrogen-bond donors (Lipinski definition) is 0. The van der Waals surface area contributed by atoms with Crippen LogP contribution in [-0.2, 0) is 30.2 Å². The van der Waals surface area contributed by atoms with Crippen molar-refractivity contribution in [1.82, 2.24) is 18.9 Å². The van der Waals surface area contributed by atoms with Crippen LogP contribution in [0.5, 0.6) is 5.75 Å². The topological polar surface area (TPSA) is 97.1 Å². The van der Waals surface area contributed by atoms with E-state index in [-0.39, 0.29) is 35.4 Å². The number of nitrogens with zero attached hydrogens (tertiary/aromatic N) is 5. The predicted molar refractivity (Wildman–Crippen MR) is 127 cm³/mol. The Labute approximate surface area is 197 Å². The number of anilines is 1. The molecule has 1 atom stereocenters. The number of carbonyl (C=O) groups is 2. The average molecular weight is 470 g/mol. The maximum absolute atomic E-state index is 13.2. The number of benzene rings is 1. The first-order chi connectivity index (χ1) is 16.3. The van der Waals surface area contributed by atoms with E-state index in [0.29, 0.717) is 51.5 Å². The molecule has 34 heavy (non-hydrogen) atoms. The average Bonchev–Trinajstić information content (AvgIpc) is 3.04. The molecule has 0 saturated carbocycles. The maximum Gasteiger partial charge on any atom is 0.332 e. The SMILES string of the molecule is COc1ccc(CN2C[C@H](C(=O)N3CCCN(c4cc(=O)n(C)c(=O)n4C)CC3)CC2=O)cc1. The fourth-order valence-corrected chi connectivity index (χ4v) is 4.69. The van der Waals surface area contributed by atoms with Crippen LogP contribution >= 0.6 is 0 Å². The van der Waals surface area contributed by atoms with Gasteiger partial charge in [-0.1, -0.05) is 12.1 Å². The summed E-state index contributed by atoms with van der Waals surface area (Å²) in [6, 6.07) is 9.04. The molecule has 2 aliphatic heterocycles. The van der Waals surface area contributed by atoms with Crippen molar-refractivity contribution in [2.45, 2.75) is 19.4 Å². The smallest absolute Gasteiger partial charge is 0.332 e. The van der Waals surface area contributed by atoms with E-state index < -0.39 is 0 Å². The summed E-state index contributed by atoms with van der Waals surface area (Å²) in [5.74, 6) is 0.941. The Morgan fingerprint density at radius 3 is 2.44 bits per heavy atom. The third-order valence-electron chi connectivity index (χ3n) is 6.73. The van der Waals surface area contributed by atoms with Gasteiger partial charge in [-0.15, -0.1) is 0 Å². The Hall–Kier alpha value is -3.56. The summed E-state index contributed by atoms with van der Waals surface area (Å²) in [5, 5.41) is 0.